The van der Waals surface area contributed by atoms with Crippen molar-refractivity contribution in [3.8, 4) is 0 Å². The number of hydrogen-bond donors (Lipinski definition) is 1. The summed E-state index contributed by atoms with van der Waals surface area (Å²) in [5, 5.41) is 16.3. The molecule has 0 atom stereocenters. The van der Waals surface area contributed by atoms with Crippen LogP contribution in [0.4, 0.5) is 20.2 Å². The molecule has 2 aromatic rings. The van der Waals surface area contributed by atoms with Crippen LogP contribution in [-0.4, -0.2) is 20.6 Å². The average Bonchev–Trinajstić information content (AvgIpc) is 2.81. The highest BCUT2D eigenvalue weighted by molar-refractivity contribution is 5.90. The number of carbonyl (C=O) groups is 1. The fourth-order valence-corrected chi connectivity index (χ4v) is 1.46. The van der Waals surface area contributed by atoms with E-state index in [1.54, 1.807) is 0 Å². The Bertz CT molecular complexity index is 671. The maximum atomic E-state index is 13.3. The fourth-order valence-electron chi connectivity index (χ4n) is 1.46. The Balaban J connectivity index is 2.03. The first-order valence-electron chi connectivity index (χ1n) is 5.37. The molecular formula is C11H8F2N4O3. The van der Waals surface area contributed by atoms with Crippen LogP contribution in [0.1, 0.15) is 0 Å². The minimum atomic E-state index is -0.912. The molecule has 1 amide bonds. The molecular weight excluding hydrogens is 274 g/mol. The van der Waals surface area contributed by atoms with E-state index in [2.05, 4.69) is 10.4 Å². The lowest BCUT2D eigenvalue weighted by Gasteiger charge is -2.06. The molecule has 0 radical (unpaired) electrons. The molecule has 1 aromatic heterocycles. The largest absolute Gasteiger partial charge is 0.322 e. The number of carbonyl (C=O) groups excluding carboxylic acids is 1. The summed E-state index contributed by atoms with van der Waals surface area (Å²) >= 11 is 0. The van der Waals surface area contributed by atoms with Gasteiger partial charge in [-0.1, -0.05) is 0 Å². The highest BCUT2D eigenvalue weighted by atomic mass is 19.1. The van der Waals surface area contributed by atoms with Gasteiger partial charge < -0.3 is 5.32 Å². The van der Waals surface area contributed by atoms with Crippen LogP contribution in [0.5, 0.6) is 0 Å². The van der Waals surface area contributed by atoms with Crippen LogP contribution in [0.15, 0.2) is 30.6 Å². The van der Waals surface area contributed by atoms with Crippen LogP contribution in [0.2, 0.25) is 0 Å². The van der Waals surface area contributed by atoms with E-state index in [4.69, 9.17) is 0 Å². The molecule has 1 aromatic carbocycles. The van der Waals surface area contributed by atoms with E-state index in [0.717, 1.165) is 29.2 Å². The summed E-state index contributed by atoms with van der Waals surface area (Å²) in [6, 6.07) is 2.71. The normalized spacial score (nSPS) is 10.3. The third-order valence-corrected chi connectivity index (χ3v) is 2.34. The van der Waals surface area contributed by atoms with Crippen molar-refractivity contribution in [3.63, 3.8) is 0 Å². The number of nitrogens with one attached hydrogen (secondary N) is 1. The van der Waals surface area contributed by atoms with E-state index in [1.807, 2.05) is 0 Å². The predicted molar refractivity (Wildman–Crippen MR) is 63.9 cm³/mol. The number of benzene rings is 1. The number of nitro groups is 1. The minimum absolute atomic E-state index is 0.182. The quantitative estimate of drug-likeness (QED) is 0.682. The van der Waals surface area contributed by atoms with E-state index >= 15 is 0 Å². The number of halogens is 2. The Morgan fingerprint density at radius 2 is 2.20 bits per heavy atom. The highest BCUT2D eigenvalue weighted by Crippen LogP contribution is 2.15. The number of rotatable bonds is 4. The van der Waals surface area contributed by atoms with Gasteiger partial charge in [0.05, 0.1) is 10.6 Å². The molecule has 0 saturated carbocycles. The molecule has 0 aliphatic carbocycles. The Hall–Kier alpha value is -2.84. The highest BCUT2D eigenvalue weighted by Gasteiger charge is 2.12. The van der Waals surface area contributed by atoms with Crippen molar-refractivity contribution in [2.75, 3.05) is 5.32 Å². The molecule has 20 heavy (non-hydrogen) atoms. The van der Waals surface area contributed by atoms with Crippen LogP contribution in [0.25, 0.3) is 0 Å². The molecule has 9 heteroatoms. The van der Waals surface area contributed by atoms with E-state index < -0.39 is 22.5 Å². The van der Waals surface area contributed by atoms with Crippen molar-refractivity contribution in [1.82, 2.24) is 9.78 Å². The molecule has 0 bridgehead atoms. The Labute approximate surface area is 111 Å². The van der Waals surface area contributed by atoms with Crippen molar-refractivity contribution < 1.29 is 18.5 Å². The summed E-state index contributed by atoms with van der Waals surface area (Å²) < 4.78 is 27.0. The number of hydrogen-bond acceptors (Lipinski definition) is 4. The number of amides is 1. The van der Waals surface area contributed by atoms with Gasteiger partial charge in [0, 0.05) is 6.07 Å². The van der Waals surface area contributed by atoms with Crippen molar-refractivity contribution in [2.24, 2.45) is 0 Å². The van der Waals surface area contributed by atoms with Gasteiger partial charge in [-0.05, 0) is 12.1 Å². The molecule has 2 rings (SSSR count). The van der Waals surface area contributed by atoms with Gasteiger partial charge in [-0.2, -0.15) is 5.10 Å². The van der Waals surface area contributed by atoms with Crippen LogP contribution in [0, 0.1) is 21.7 Å². The predicted octanol–water partition coefficient (Wildman–Crippen LogP) is 1.71. The number of aromatic nitrogens is 2. The van der Waals surface area contributed by atoms with Gasteiger partial charge in [-0.25, -0.2) is 8.78 Å². The second-order valence-electron chi connectivity index (χ2n) is 3.83. The zero-order chi connectivity index (χ0) is 14.7. The van der Waals surface area contributed by atoms with E-state index in [-0.39, 0.29) is 17.9 Å². The smallest absolute Gasteiger partial charge is 0.307 e. The van der Waals surface area contributed by atoms with Crippen LogP contribution >= 0.6 is 0 Å². The van der Waals surface area contributed by atoms with Crippen molar-refractivity contribution in [1.29, 1.82) is 0 Å². The molecule has 0 fully saturated rings. The molecule has 1 heterocycles. The van der Waals surface area contributed by atoms with Crippen molar-refractivity contribution >= 4 is 17.3 Å². The summed E-state index contributed by atoms with van der Waals surface area (Å²) in [6.07, 6.45) is 2.06. The van der Waals surface area contributed by atoms with E-state index in [0.29, 0.717) is 6.07 Å². The standard InChI is InChI=1S/C11H8F2N4O3/c12-7-1-2-10(9(13)3-7)15-11(18)6-16-5-8(4-14-16)17(19)20/h1-5H,6H2,(H,15,18). The third-order valence-electron chi connectivity index (χ3n) is 2.34. The van der Waals surface area contributed by atoms with Gasteiger partial charge in [0.1, 0.15) is 30.6 Å². The second-order valence-corrected chi connectivity index (χ2v) is 3.83. The second kappa shape index (κ2) is 5.43. The Kier molecular flexibility index (Phi) is 3.69. The SMILES string of the molecule is O=C(Cn1cc([N+](=O)[O-])cn1)Nc1ccc(F)cc1F. The summed E-state index contributed by atoms with van der Waals surface area (Å²) in [6.45, 7) is -0.329. The van der Waals surface area contributed by atoms with Gasteiger partial charge in [0.2, 0.25) is 5.91 Å². The lowest BCUT2D eigenvalue weighted by molar-refractivity contribution is -0.385. The van der Waals surface area contributed by atoms with Crippen LogP contribution in [0.3, 0.4) is 0 Å². The van der Waals surface area contributed by atoms with E-state index in [9.17, 15) is 23.7 Å². The molecule has 7 nitrogen and oxygen atoms in total. The summed E-state index contributed by atoms with van der Waals surface area (Å²) in [4.78, 5) is 21.4. The molecule has 104 valence electrons. The van der Waals surface area contributed by atoms with Gasteiger partial charge in [0.15, 0.2) is 0 Å². The molecule has 0 aliphatic heterocycles. The maximum absolute atomic E-state index is 13.3. The first-order valence-corrected chi connectivity index (χ1v) is 5.37. The summed E-state index contributed by atoms with van der Waals surface area (Å²) in [5.41, 5.74) is -0.441. The topological polar surface area (TPSA) is 90.1 Å². The van der Waals surface area contributed by atoms with Crippen LogP contribution < -0.4 is 5.32 Å². The molecule has 0 aliphatic rings. The molecule has 0 spiro atoms. The minimum Gasteiger partial charge on any atom is -0.322 e. The third kappa shape index (κ3) is 3.13. The molecule has 1 N–H and O–H groups in total. The van der Waals surface area contributed by atoms with Crippen molar-refractivity contribution in [2.45, 2.75) is 6.54 Å². The maximum Gasteiger partial charge on any atom is 0.307 e. The first-order chi connectivity index (χ1) is 9.45. The zero-order valence-electron chi connectivity index (χ0n) is 9.92. The number of anilines is 1. The van der Waals surface area contributed by atoms with Gasteiger partial charge in [0.25, 0.3) is 0 Å². The lowest BCUT2D eigenvalue weighted by atomic mass is 10.3. The first kappa shape index (κ1) is 13.6. The van der Waals surface area contributed by atoms with Gasteiger partial charge >= 0.3 is 5.69 Å². The molecule has 0 unspecified atom stereocenters. The lowest BCUT2D eigenvalue weighted by Crippen LogP contribution is -2.19. The monoisotopic (exact) mass is 282 g/mol. The van der Waals surface area contributed by atoms with Crippen molar-refractivity contribution in [3.05, 3.63) is 52.3 Å². The van der Waals surface area contributed by atoms with E-state index in [1.165, 1.54) is 0 Å². The van der Waals surface area contributed by atoms with Crippen LogP contribution in [-0.2, 0) is 11.3 Å². The average molecular weight is 282 g/mol. The Morgan fingerprint density at radius 1 is 1.45 bits per heavy atom. The summed E-state index contributed by atoms with van der Waals surface area (Å²) in [5.74, 6) is -2.32. The summed E-state index contributed by atoms with van der Waals surface area (Å²) in [7, 11) is 0. The zero-order valence-corrected chi connectivity index (χ0v) is 9.92. The number of nitrogens with zero attached hydrogens (tertiary/aromatic N) is 3. The fraction of sp³-hybridized carbons (Fsp3) is 0.0909. The van der Waals surface area contributed by atoms with Gasteiger partial charge in [-0.3, -0.25) is 19.6 Å². The molecule has 0 saturated heterocycles. The van der Waals surface area contributed by atoms with Gasteiger partial charge in [-0.15, -0.1) is 0 Å². The Morgan fingerprint density at radius 3 is 2.80 bits per heavy atom.